The van der Waals surface area contributed by atoms with Crippen LogP contribution in [-0.2, 0) is 16.1 Å². The number of rotatable bonds is 9. The van der Waals surface area contributed by atoms with Crippen LogP contribution in [0.4, 0.5) is 0 Å². The monoisotopic (exact) mass is 330 g/mol. The molecule has 0 aliphatic rings. The summed E-state index contributed by atoms with van der Waals surface area (Å²) in [6, 6.07) is 7.16. The van der Waals surface area contributed by atoms with E-state index < -0.39 is 6.04 Å². The Bertz CT molecular complexity index is 426. The first-order chi connectivity index (χ1) is 10.1. The summed E-state index contributed by atoms with van der Waals surface area (Å²) in [7, 11) is 1.64. The second kappa shape index (κ2) is 11.3. The van der Waals surface area contributed by atoms with Gasteiger partial charge in [-0.3, -0.25) is 4.79 Å². The number of hydrogen-bond acceptors (Lipinski definition) is 4. The largest absolute Gasteiger partial charge is 0.491 e. The molecule has 1 amide bonds. The summed E-state index contributed by atoms with van der Waals surface area (Å²) in [5.74, 6) is 0.866. The summed E-state index contributed by atoms with van der Waals surface area (Å²) in [5, 5.41) is 2.86. The third-order valence-electron chi connectivity index (χ3n) is 3.51. The van der Waals surface area contributed by atoms with E-state index in [0.717, 1.165) is 17.7 Å². The lowest BCUT2D eigenvalue weighted by Gasteiger charge is -2.17. The van der Waals surface area contributed by atoms with Gasteiger partial charge in [0.05, 0.1) is 12.6 Å². The van der Waals surface area contributed by atoms with Crippen molar-refractivity contribution in [1.82, 2.24) is 5.32 Å². The highest BCUT2D eigenvalue weighted by molar-refractivity contribution is 5.85. The quantitative estimate of drug-likeness (QED) is 0.680. The van der Waals surface area contributed by atoms with Crippen LogP contribution in [0.15, 0.2) is 24.3 Å². The van der Waals surface area contributed by atoms with Crippen LogP contribution >= 0.6 is 12.4 Å². The van der Waals surface area contributed by atoms with Crippen LogP contribution in [0.2, 0.25) is 0 Å². The standard InChI is InChI=1S/C16H26N2O3.ClH/c1-4-12(2)15(17)16(19)18-11-13-5-7-14(8-6-13)21-10-9-20-3;/h5-8,12,15H,4,9-11,17H2,1-3H3,(H,18,19);1H. The van der Waals surface area contributed by atoms with E-state index in [4.69, 9.17) is 15.2 Å². The number of nitrogens with one attached hydrogen (secondary N) is 1. The van der Waals surface area contributed by atoms with E-state index in [0.29, 0.717) is 19.8 Å². The molecule has 3 N–H and O–H groups in total. The normalized spacial score (nSPS) is 12.9. The molecule has 5 nitrogen and oxygen atoms in total. The maximum atomic E-state index is 11.9. The Morgan fingerprint density at radius 2 is 1.91 bits per heavy atom. The van der Waals surface area contributed by atoms with E-state index in [1.807, 2.05) is 38.1 Å². The fraction of sp³-hybridized carbons (Fsp3) is 0.562. The highest BCUT2D eigenvalue weighted by Gasteiger charge is 2.18. The van der Waals surface area contributed by atoms with Crippen molar-refractivity contribution in [2.45, 2.75) is 32.9 Å². The van der Waals surface area contributed by atoms with Crippen molar-refractivity contribution < 1.29 is 14.3 Å². The molecule has 0 bridgehead atoms. The Hall–Kier alpha value is -1.30. The minimum Gasteiger partial charge on any atom is -0.491 e. The van der Waals surface area contributed by atoms with Gasteiger partial charge in [0.15, 0.2) is 0 Å². The van der Waals surface area contributed by atoms with Gasteiger partial charge >= 0.3 is 0 Å². The van der Waals surface area contributed by atoms with Crippen LogP contribution in [0, 0.1) is 5.92 Å². The lowest BCUT2D eigenvalue weighted by Crippen LogP contribution is -2.44. The minimum atomic E-state index is -0.452. The van der Waals surface area contributed by atoms with Gasteiger partial charge in [0, 0.05) is 13.7 Å². The Morgan fingerprint density at radius 1 is 1.27 bits per heavy atom. The van der Waals surface area contributed by atoms with Crippen LogP contribution in [0.25, 0.3) is 0 Å². The first-order valence-electron chi connectivity index (χ1n) is 7.32. The molecule has 0 fully saturated rings. The lowest BCUT2D eigenvalue weighted by atomic mass is 9.99. The summed E-state index contributed by atoms with van der Waals surface area (Å²) in [6.07, 6.45) is 0.891. The summed E-state index contributed by atoms with van der Waals surface area (Å²) in [6.45, 7) is 5.57. The number of amides is 1. The molecule has 0 heterocycles. The smallest absolute Gasteiger partial charge is 0.237 e. The average Bonchev–Trinajstić information content (AvgIpc) is 2.52. The molecule has 0 saturated heterocycles. The van der Waals surface area contributed by atoms with Gasteiger partial charge in [-0.2, -0.15) is 0 Å². The number of hydrogen-bond donors (Lipinski definition) is 2. The zero-order chi connectivity index (χ0) is 15.7. The molecular formula is C16H27ClN2O3. The second-order valence-corrected chi connectivity index (χ2v) is 5.11. The molecule has 126 valence electrons. The highest BCUT2D eigenvalue weighted by Crippen LogP contribution is 2.12. The summed E-state index contributed by atoms with van der Waals surface area (Å²) >= 11 is 0. The number of benzene rings is 1. The molecule has 0 spiro atoms. The van der Waals surface area contributed by atoms with Crippen molar-refractivity contribution in [3.63, 3.8) is 0 Å². The number of nitrogens with two attached hydrogens (primary N) is 1. The third kappa shape index (κ3) is 7.11. The number of methoxy groups -OCH3 is 1. The van der Waals surface area contributed by atoms with Crippen molar-refractivity contribution >= 4 is 18.3 Å². The van der Waals surface area contributed by atoms with Crippen molar-refractivity contribution in [2.75, 3.05) is 20.3 Å². The molecule has 0 aliphatic heterocycles. The molecule has 6 heteroatoms. The molecule has 1 rings (SSSR count). The number of ether oxygens (including phenoxy) is 2. The van der Waals surface area contributed by atoms with E-state index in [2.05, 4.69) is 5.32 Å². The van der Waals surface area contributed by atoms with E-state index in [1.54, 1.807) is 7.11 Å². The first kappa shape index (κ1) is 20.7. The molecule has 1 aromatic rings. The van der Waals surface area contributed by atoms with Crippen LogP contribution in [0.5, 0.6) is 5.75 Å². The highest BCUT2D eigenvalue weighted by atomic mass is 35.5. The van der Waals surface area contributed by atoms with Crippen LogP contribution in [0.3, 0.4) is 0 Å². The molecule has 0 radical (unpaired) electrons. The zero-order valence-electron chi connectivity index (χ0n) is 13.5. The Kier molecular flexibility index (Phi) is 10.6. The number of carbonyl (C=O) groups excluding carboxylic acids is 1. The number of halogens is 1. The van der Waals surface area contributed by atoms with Gasteiger partial charge in [-0.25, -0.2) is 0 Å². The van der Waals surface area contributed by atoms with Crippen LogP contribution in [0.1, 0.15) is 25.8 Å². The van der Waals surface area contributed by atoms with Crippen molar-refractivity contribution in [2.24, 2.45) is 11.7 Å². The van der Waals surface area contributed by atoms with Crippen molar-refractivity contribution in [1.29, 1.82) is 0 Å². The van der Waals surface area contributed by atoms with Gasteiger partial charge in [-0.1, -0.05) is 32.4 Å². The summed E-state index contributed by atoms with van der Waals surface area (Å²) in [4.78, 5) is 11.9. The Balaban J connectivity index is 0.00000441. The van der Waals surface area contributed by atoms with E-state index in [-0.39, 0.29) is 24.2 Å². The fourth-order valence-corrected chi connectivity index (χ4v) is 1.77. The van der Waals surface area contributed by atoms with Crippen molar-refractivity contribution in [3.8, 4) is 5.75 Å². The van der Waals surface area contributed by atoms with Crippen LogP contribution in [-0.4, -0.2) is 32.3 Å². The Morgan fingerprint density at radius 3 is 2.45 bits per heavy atom. The first-order valence-corrected chi connectivity index (χ1v) is 7.32. The van der Waals surface area contributed by atoms with Crippen molar-refractivity contribution in [3.05, 3.63) is 29.8 Å². The molecule has 0 saturated carbocycles. The zero-order valence-corrected chi connectivity index (χ0v) is 14.3. The molecule has 0 aromatic heterocycles. The van der Waals surface area contributed by atoms with Gasteiger partial charge in [0.1, 0.15) is 12.4 Å². The maximum Gasteiger partial charge on any atom is 0.237 e. The number of carbonyl (C=O) groups is 1. The van der Waals surface area contributed by atoms with Gasteiger partial charge in [0.25, 0.3) is 0 Å². The predicted molar refractivity (Wildman–Crippen MR) is 90.3 cm³/mol. The summed E-state index contributed by atoms with van der Waals surface area (Å²) in [5.41, 5.74) is 6.90. The predicted octanol–water partition coefficient (Wildman–Crippen LogP) is 2.12. The second-order valence-electron chi connectivity index (χ2n) is 5.11. The fourth-order valence-electron chi connectivity index (χ4n) is 1.77. The molecule has 0 aliphatic carbocycles. The summed E-state index contributed by atoms with van der Waals surface area (Å²) < 4.78 is 10.4. The molecule has 2 unspecified atom stereocenters. The third-order valence-corrected chi connectivity index (χ3v) is 3.51. The molecular weight excluding hydrogens is 304 g/mol. The lowest BCUT2D eigenvalue weighted by molar-refractivity contribution is -0.123. The van der Waals surface area contributed by atoms with Gasteiger partial charge in [-0.05, 0) is 23.6 Å². The molecule has 22 heavy (non-hydrogen) atoms. The maximum absolute atomic E-state index is 11.9. The minimum absolute atomic E-state index is 0. The van der Waals surface area contributed by atoms with E-state index in [9.17, 15) is 4.79 Å². The SMILES string of the molecule is CCC(C)C(N)C(=O)NCc1ccc(OCCOC)cc1.Cl. The van der Waals surface area contributed by atoms with E-state index in [1.165, 1.54) is 0 Å². The van der Waals surface area contributed by atoms with Gasteiger partial charge < -0.3 is 20.5 Å². The van der Waals surface area contributed by atoms with Gasteiger partial charge in [0.2, 0.25) is 5.91 Å². The average molecular weight is 331 g/mol. The molecule has 2 atom stereocenters. The van der Waals surface area contributed by atoms with E-state index >= 15 is 0 Å². The molecule has 1 aromatic carbocycles. The van der Waals surface area contributed by atoms with Gasteiger partial charge in [-0.15, -0.1) is 12.4 Å². The van der Waals surface area contributed by atoms with Crippen LogP contribution < -0.4 is 15.8 Å². The topological polar surface area (TPSA) is 73.6 Å². The Labute approximate surface area is 139 Å².